The van der Waals surface area contributed by atoms with Crippen LogP contribution in [0.2, 0.25) is 0 Å². The van der Waals surface area contributed by atoms with Gasteiger partial charge in [-0.25, -0.2) is 8.42 Å². The van der Waals surface area contributed by atoms with Crippen LogP contribution in [0.25, 0.3) is 0 Å². The molecule has 2 aromatic carbocycles. The van der Waals surface area contributed by atoms with Crippen LogP contribution >= 0.6 is 0 Å². The number of fused-ring (bicyclic) bond motifs is 1. The van der Waals surface area contributed by atoms with Crippen molar-refractivity contribution in [2.45, 2.75) is 126 Å². The van der Waals surface area contributed by atoms with Crippen LogP contribution in [-0.4, -0.2) is 73.2 Å². The second-order valence-corrected chi connectivity index (χ2v) is 17.2. The van der Waals surface area contributed by atoms with E-state index < -0.39 is 57.0 Å². The van der Waals surface area contributed by atoms with Crippen molar-refractivity contribution < 1.29 is 32.7 Å². The van der Waals surface area contributed by atoms with Crippen LogP contribution in [0.15, 0.2) is 59.5 Å². The van der Waals surface area contributed by atoms with Gasteiger partial charge in [0.15, 0.2) is 9.84 Å². The fourth-order valence-electron chi connectivity index (χ4n) is 7.05. The molecule has 4 amide bonds. The summed E-state index contributed by atoms with van der Waals surface area (Å²) >= 11 is 0. The highest BCUT2D eigenvalue weighted by molar-refractivity contribution is 7.93. The van der Waals surface area contributed by atoms with E-state index in [2.05, 4.69) is 21.3 Å². The maximum Gasteiger partial charge on any atom is 0.243 e. The van der Waals surface area contributed by atoms with Crippen molar-refractivity contribution >= 4 is 33.5 Å². The van der Waals surface area contributed by atoms with Gasteiger partial charge in [0, 0.05) is 13.0 Å². The largest absolute Gasteiger partial charge is 0.390 e. The molecule has 0 saturated heterocycles. The number of nitrogens with one attached hydrogen (secondary N) is 4. The highest BCUT2D eigenvalue weighted by Gasteiger charge is 2.43. The number of hydrogen-bond acceptors (Lipinski definition) is 7. The lowest BCUT2D eigenvalue weighted by atomic mass is 9.83. The van der Waals surface area contributed by atoms with Gasteiger partial charge in [-0.05, 0) is 54.2 Å². The van der Waals surface area contributed by atoms with Gasteiger partial charge < -0.3 is 26.4 Å². The monoisotopic (exact) mass is 724 g/mol. The molecule has 1 aliphatic heterocycles. The number of rotatable bonds is 17. The van der Waals surface area contributed by atoms with Crippen molar-refractivity contribution in [3.63, 3.8) is 0 Å². The van der Waals surface area contributed by atoms with Crippen molar-refractivity contribution in [2.24, 2.45) is 17.8 Å². The smallest absolute Gasteiger partial charge is 0.243 e. The predicted molar refractivity (Wildman–Crippen MR) is 196 cm³/mol. The van der Waals surface area contributed by atoms with Crippen LogP contribution in [0, 0.1) is 17.8 Å². The van der Waals surface area contributed by atoms with Gasteiger partial charge in [-0.15, -0.1) is 0 Å². The van der Waals surface area contributed by atoms with E-state index in [1.54, 1.807) is 30.3 Å². The average molecular weight is 725 g/mol. The Morgan fingerprint density at radius 3 is 2.10 bits per heavy atom. The molecule has 1 unspecified atom stereocenters. The van der Waals surface area contributed by atoms with E-state index in [1.807, 2.05) is 45.9 Å². The van der Waals surface area contributed by atoms with Gasteiger partial charge in [-0.1, -0.05) is 108 Å². The number of carbonyl (C=O) groups is 4. The first kappa shape index (κ1) is 40.0. The second kappa shape index (κ2) is 18.6. The molecule has 0 aromatic heterocycles. The van der Waals surface area contributed by atoms with E-state index in [0.29, 0.717) is 24.4 Å². The Morgan fingerprint density at radius 2 is 1.45 bits per heavy atom. The van der Waals surface area contributed by atoms with E-state index >= 15 is 0 Å². The Hall–Kier alpha value is -3.77. The molecule has 0 bridgehead atoms. The zero-order valence-corrected chi connectivity index (χ0v) is 31.2. The average Bonchev–Trinajstić information content (AvgIpc) is 3.37. The lowest BCUT2D eigenvalue weighted by Gasteiger charge is -2.32. The topological polar surface area (TPSA) is 171 Å². The molecule has 12 heteroatoms. The van der Waals surface area contributed by atoms with Crippen LogP contribution in [0.5, 0.6) is 0 Å². The number of aliphatic hydroxyl groups is 1. The predicted octanol–water partition coefficient (Wildman–Crippen LogP) is 3.62. The third kappa shape index (κ3) is 11.6. The van der Waals surface area contributed by atoms with E-state index in [4.69, 9.17) is 0 Å². The van der Waals surface area contributed by atoms with Gasteiger partial charge in [0.05, 0.1) is 23.5 Å². The van der Waals surface area contributed by atoms with Crippen LogP contribution in [0.3, 0.4) is 0 Å². The lowest BCUT2D eigenvalue weighted by Crippen LogP contribution is -2.58. The molecule has 1 saturated carbocycles. The SMILES string of the molecule is CC(C)CNC(=O)C[C@H](O)[C@H](CC1CCCCC1)NC(=O)[C@H](CC(C)C)NC(=O)[C@H](Cc1ccccc1)NC(=O)C1Cc2ccccc2S1(=O)=O. The molecule has 1 fully saturated rings. The summed E-state index contributed by atoms with van der Waals surface area (Å²) in [6, 6.07) is 12.7. The minimum Gasteiger partial charge on any atom is -0.390 e. The number of hydrogen-bond donors (Lipinski definition) is 5. The Labute approximate surface area is 303 Å². The van der Waals surface area contributed by atoms with Crippen molar-refractivity contribution in [2.75, 3.05) is 6.54 Å². The molecule has 280 valence electrons. The van der Waals surface area contributed by atoms with Crippen LogP contribution in [-0.2, 0) is 41.9 Å². The highest BCUT2D eigenvalue weighted by Crippen LogP contribution is 2.31. The van der Waals surface area contributed by atoms with Gasteiger partial charge in [0.2, 0.25) is 23.6 Å². The summed E-state index contributed by atoms with van der Waals surface area (Å²) in [5, 5.41) is 21.3. The zero-order chi connectivity index (χ0) is 37.1. The minimum atomic E-state index is -3.95. The molecule has 2 aliphatic rings. The van der Waals surface area contributed by atoms with Crippen LogP contribution in [0.4, 0.5) is 0 Å². The van der Waals surface area contributed by atoms with Gasteiger partial charge in [-0.3, -0.25) is 19.2 Å². The zero-order valence-electron chi connectivity index (χ0n) is 30.4. The van der Waals surface area contributed by atoms with Crippen molar-refractivity contribution in [3.8, 4) is 0 Å². The Balaban J connectivity index is 1.52. The molecule has 0 spiro atoms. The first-order chi connectivity index (χ1) is 24.2. The van der Waals surface area contributed by atoms with Crippen molar-refractivity contribution in [1.82, 2.24) is 21.3 Å². The molecule has 11 nitrogen and oxygen atoms in total. The van der Waals surface area contributed by atoms with Gasteiger partial charge in [0.1, 0.15) is 17.3 Å². The molecule has 1 heterocycles. The molecule has 2 aromatic rings. The van der Waals surface area contributed by atoms with E-state index in [-0.39, 0.29) is 48.3 Å². The summed E-state index contributed by atoms with van der Waals surface area (Å²) in [6.45, 7) is 8.29. The summed E-state index contributed by atoms with van der Waals surface area (Å²) < 4.78 is 26.6. The Kier molecular flexibility index (Phi) is 14.6. The van der Waals surface area contributed by atoms with Crippen LogP contribution in [0.1, 0.15) is 90.2 Å². The normalized spacial score (nSPS) is 19.4. The van der Waals surface area contributed by atoms with Crippen molar-refractivity contribution in [1.29, 1.82) is 0 Å². The van der Waals surface area contributed by atoms with Crippen LogP contribution < -0.4 is 21.3 Å². The summed E-state index contributed by atoms with van der Waals surface area (Å²) in [4.78, 5) is 54.4. The molecule has 5 atom stereocenters. The van der Waals surface area contributed by atoms with E-state index in [0.717, 1.165) is 37.7 Å². The summed E-state index contributed by atoms with van der Waals surface area (Å²) in [5.74, 6) is -1.65. The number of aliphatic hydroxyl groups excluding tert-OH is 1. The van der Waals surface area contributed by atoms with E-state index in [1.165, 1.54) is 6.07 Å². The summed E-state index contributed by atoms with van der Waals surface area (Å²) in [7, 11) is -3.95. The van der Waals surface area contributed by atoms with Gasteiger partial charge in [-0.2, -0.15) is 0 Å². The number of amides is 4. The first-order valence-corrected chi connectivity index (χ1v) is 20.0. The van der Waals surface area contributed by atoms with E-state index in [9.17, 15) is 32.7 Å². The van der Waals surface area contributed by atoms with Crippen molar-refractivity contribution in [3.05, 3.63) is 65.7 Å². The fraction of sp³-hybridized carbons (Fsp3) is 0.590. The molecule has 5 N–H and O–H groups in total. The third-order valence-corrected chi connectivity index (χ3v) is 12.0. The van der Waals surface area contributed by atoms with Gasteiger partial charge in [0.25, 0.3) is 0 Å². The third-order valence-electron chi connectivity index (χ3n) is 9.81. The standard InChI is InChI=1S/C39H56N4O7S/c1-25(2)19-31(37(46)41-30(20-27-13-7-5-8-14-27)33(44)23-36(45)40-24-26(3)4)42-38(47)32(21-28-15-9-6-10-16-28)43-39(48)35-22-29-17-11-12-18-34(29)51(35,49)50/h6,9-12,15-18,25-27,30-33,35,44H,5,7-8,13-14,19-24H2,1-4H3,(H,40,45)(H,41,46)(H,42,47)(H,43,48)/t30-,31-,32-,33-,35?/m0/s1. The summed E-state index contributed by atoms with van der Waals surface area (Å²) in [6.07, 6.45) is 4.83. The molecule has 51 heavy (non-hydrogen) atoms. The maximum atomic E-state index is 14.0. The Morgan fingerprint density at radius 1 is 0.804 bits per heavy atom. The minimum absolute atomic E-state index is 0.00258. The highest BCUT2D eigenvalue weighted by atomic mass is 32.2. The molecule has 4 rings (SSSR count). The molecular formula is C39H56N4O7S. The Bertz CT molecular complexity index is 1590. The quantitative estimate of drug-likeness (QED) is 0.166. The summed E-state index contributed by atoms with van der Waals surface area (Å²) in [5.41, 5.74) is 1.30. The molecular weight excluding hydrogens is 669 g/mol. The number of carbonyl (C=O) groups excluding carboxylic acids is 4. The first-order valence-electron chi connectivity index (χ1n) is 18.5. The fourth-order valence-corrected chi connectivity index (χ4v) is 8.89. The molecule has 1 aliphatic carbocycles. The number of benzene rings is 2. The van der Waals surface area contributed by atoms with Gasteiger partial charge >= 0.3 is 0 Å². The second-order valence-electron chi connectivity index (χ2n) is 15.1. The number of sulfone groups is 1. The molecule has 0 radical (unpaired) electrons. The lowest BCUT2D eigenvalue weighted by molar-refractivity contribution is -0.133. The maximum absolute atomic E-state index is 14.0.